The van der Waals surface area contributed by atoms with Crippen LogP contribution in [0.2, 0.25) is 0 Å². The van der Waals surface area contributed by atoms with Crippen molar-refractivity contribution in [3.05, 3.63) is 111 Å². The molecule has 7 nitrogen and oxygen atoms in total. The number of pyridine rings is 1. The van der Waals surface area contributed by atoms with E-state index in [1.54, 1.807) is 43.3 Å². The number of aromatic nitrogens is 3. The molecule has 2 heterocycles. The molecule has 1 atom stereocenters. The minimum atomic E-state index is -4.05. The van der Waals surface area contributed by atoms with Gasteiger partial charge in [-0.25, -0.2) is 31.6 Å². The van der Waals surface area contributed by atoms with Crippen LogP contribution in [0.3, 0.4) is 0 Å². The van der Waals surface area contributed by atoms with Crippen LogP contribution in [0.15, 0.2) is 76.8 Å². The molecule has 0 amide bonds. The lowest BCUT2D eigenvalue weighted by Crippen LogP contribution is -2.27. The van der Waals surface area contributed by atoms with Crippen LogP contribution in [0, 0.1) is 30.3 Å². The Balaban J connectivity index is 1.37. The van der Waals surface area contributed by atoms with Gasteiger partial charge in [-0.15, -0.1) is 0 Å². The number of ether oxygens (including phenoxy) is 1. The first-order chi connectivity index (χ1) is 21.1. The Morgan fingerprint density at radius 3 is 2.43 bits per heavy atom. The average Bonchev–Trinajstić information content (AvgIpc) is 3.01. The summed E-state index contributed by atoms with van der Waals surface area (Å²) in [5, 5.41) is -0.422. The maximum absolute atomic E-state index is 14.8. The molecule has 1 aliphatic rings. The van der Waals surface area contributed by atoms with Crippen LogP contribution >= 0.6 is 0 Å². The topological polar surface area (TPSA) is 91.2 Å². The van der Waals surface area contributed by atoms with E-state index in [2.05, 4.69) is 9.97 Å². The van der Waals surface area contributed by atoms with Crippen molar-refractivity contribution in [2.75, 3.05) is 5.75 Å². The molecular formula is C33H34F3N3O4S. The SMILES string of the molecule is Cc1cc(-c2cc(F)c(=O)n(CC3CCCCC3)c2)nc(S(=O)(=O)CCC(OCc2ccc(F)cc2F)c2ccccc2)n1. The van der Waals surface area contributed by atoms with Crippen LogP contribution in [0.4, 0.5) is 13.2 Å². The lowest BCUT2D eigenvalue weighted by Gasteiger charge is -2.22. The van der Waals surface area contributed by atoms with E-state index in [1.807, 2.05) is 0 Å². The highest BCUT2D eigenvalue weighted by Gasteiger charge is 2.24. The largest absolute Gasteiger partial charge is 0.369 e. The van der Waals surface area contributed by atoms with E-state index in [4.69, 9.17) is 4.74 Å². The zero-order valence-electron chi connectivity index (χ0n) is 24.4. The normalized spacial score (nSPS) is 14.9. The standard InChI is InChI=1S/C33H34F3N3O4S/c1-22-16-30(26-17-29(36)32(40)39(20-26)19-23-8-4-2-5-9-23)38-33(37-22)44(41,42)15-14-31(24-10-6-3-7-11-24)43-21-25-12-13-27(34)18-28(25)35/h3,6-7,10-13,16-18,20,23,31H,2,4-5,8-9,14-15,19,21H2,1H3. The zero-order chi connectivity index (χ0) is 31.3. The van der Waals surface area contributed by atoms with Crippen molar-refractivity contribution in [3.8, 4) is 11.3 Å². The van der Waals surface area contributed by atoms with E-state index in [0.717, 1.165) is 50.3 Å². The monoisotopic (exact) mass is 625 g/mol. The highest BCUT2D eigenvalue weighted by atomic mass is 32.2. The summed E-state index contributed by atoms with van der Waals surface area (Å²) in [6, 6.07) is 14.7. The second-order valence-electron chi connectivity index (χ2n) is 11.3. The van der Waals surface area contributed by atoms with Crippen molar-refractivity contribution >= 4 is 9.84 Å². The molecule has 232 valence electrons. The fraction of sp³-hybridized carbons (Fsp3) is 0.364. The first-order valence-corrected chi connectivity index (χ1v) is 16.3. The molecule has 0 aliphatic heterocycles. The van der Waals surface area contributed by atoms with Gasteiger partial charge in [-0.1, -0.05) is 55.7 Å². The summed E-state index contributed by atoms with van der Waals surface area (Å²) < 4.78 is 76.7. The van der Waals surface area contributed by atoms with Crippen LogP contribution in [0.5, 0.6) is 0 Å². The number of halogens is 3. The number of rotatable bonds is 11. The van der Waals surface area contributed by atoms with E-state index in [1.165, 1.54) is 16.8 Å². The van der Waals surface area contributed by atoms with E-state index in [-0.39, 0.29) is 35.8 Å². The van der Waals surface area contributed by atoms with Gasteiger partial charge in [0.15, 0.2) is 5.82 Å². The molecule has 11 heteroatoms. The molecule has 4 aromatic rings. The van der Waals surface area contributed by atoms with Crippen molar-refractivity contribution in [2.24, 2.45) is 5.92 Å². The molecule has 0 saturated heterocycles. The van der Waals surface area contributed by atoms with Crippen molar-refractivity contribution in [2.45, 2.75) is 69.9 Å². The van der Waals surface area contributed by atoms with Gasteiger partial charge in [-0.05, 0) is 55.9 Å². The summed E-state index contributed by atoms with van der Waals surface area (Å²) in [5.74, 6) is -2.51. The van der Waals surface area contributed by atoms with Gasteiger partial charge in [0.25, 0.3) is 5.56 Å². The van der Waals surface area contributed by atoms with Gasteiger partial charge in [0.2, 0.25) is 15.0 Å². The average molecular weight is 626 g/mol. The van der Waals surface area contributed by atoms with Gasteiger partial charge in [0.05, 0.1) is 24.2 Å². The first-order valence-electron chi connectivity index (χ1n) is 14.7. The van der Waals surface area contributed by atoms with Crippen molar-refractivity contribution in [3.63, 3.8) is 0 Å². The number of sulfone groups is 1. The van der Waals surface area contributed by atoms with Crippen LogP contribution in [0.25, 0.3) is 11.3 Å². The van der Waals surface area contributed by atoms with Gasteiger partial charge in [-0.2, -0.15) is 0 Å². The van der Waals surface area contributed by atoms with Gasteiger partial charge >= 0.3 is 0 Å². The maximum atomic E-state index is 14.8. The summed E-state index contributed by atoms with van der Waals surface area (Å²) in [4.78, 5) is 21.0. The Hall–Kier alpha value is -3.83. The Kier molecular flexibility index (Phi) is 9.95. The molecule has 44 heavy (non-hydrogen) atoms. The van der Waals surface area contributed by atoms with Crippen molar-refractivity contribution in [1.82, 2.24) is 14.5 Å². The molecular weight excluding hydrogens is 591 g/mol. The predicted molar refractivity (Wildman–Crippen MR) is 160 cm³/mol. The molecule has 1 unspecified atom stereocenters. The van der Waals surface area contributed by atoms with E-state index < -0.39 is 49.9 Å². The minimum Gasteiger partial charge on any atom is -0.369 e. The molecule has 2 aromatic carbocycles. The second kappa shape index (κ2) is 13.9. The summed E-state index contributed by atoms with van der Waals surface area (Å²) >= 11 is 0. The minimum absolute atomic E-state index is 0.00267. The zero-order valence-corrected chi connectivity index (χ0v) is 25.2. The van der Waals surface area contributed by atoms with Crippen molar-refractivity contribution < 1.29 is 26.3 Å². The van der Waals surface area contributed by atoms with E-state index in [9.17, 15) is 26.4 Å². The molecule has 2 aromatic heterocycles. The quantitative estimate of drug-likeness (QED) is 0.172. The van der Waals surface area contributed by atoms with Gasteiger partial charge in [0, 0.05) is 35.6 Å². The third kappa shape index (κ3) is 7.81. The Morgan fingerprint density at radius 2 is 1.70 bits per heavy atom. The highest BCUT2D eigenvalue weighted by Crippen LogP contribution is 2.28. The van der Waals surface area contributed by atoms with Crippen LogP contribution in [0.1, 0.15) is 61.4 Å². The molecule has 0 bridgehead atoms. The first kappa shape index (κ1) is 31.6. The number of aryl methyl sites for hydroxylation is 1. The van der Waals surface area contributed by atoms with Crippen LogP contribution in [-0.2, 0) is 27.7 Å². The predicted octanol–water partition coefficient (Wildman–Crippen LogP) is 6.73. The summed E-state index contributed by atoms with van der Waals surface area (Å²) in [7, 11) is -4.05. The van der Waals surface area contributed by atoms with E-state index in [0.29, 0.717) is 17.8 Å². The maximum Gasteiger partial charge on any atom is 0.286 e. The molecule has 0 N–H and O–H groups in total. The van der Waals surface area contributed by atoms with Gasteiger partial charge < -0.3 is 9.30 Å². The van der Waals surface area contributed by atoms with E-state index >= 15 is 0 Å². The Bertz CT molecular complexity index is 1780. The molecule has 0 spiro atoms. The van der Waals surface area contributed by atoms with Gasteiger partial charge in [-0.3, -0.25) is 4.79 Å². The molecule has 5 rings (SSSR count). The second-order valence-corrected chi connectivity index (χ2v) is 13.3. The highest BCUT2D eigenvalue weighted by molar-refractivity contribution is 7.91. The number of benzene rings is 2. The summed E-state index contributed by atoms with van der Waals surface area (Å²) in [6.07, 6.45) is 6.06. The summed E-state index contributed by atoms with van der Waals surface area (Å²) in [5.41, 5.74) is 0.944. The Morgan fingerprint density at radius 1 is 0.955 bits per heavy atom. The van der Waals surface area contributed by atoms with Crippen LogP contribution in [-0.4, -0.2) is 28.7 Å². The molecule has 1 aliphatic carbocycles. The lowest BCUT2D eigenvalue weighted by molar-refractivity contribution is 0.0360. The number of hydrogen-bond acceptors (Lipinski definition) is 6. The van der Waals surface area contributed by atoms with Crippen LogP contribution < -0.4 is 5.56 Å². The Labute approximate surface area is 254 Å². The van der Waals surface area contributed by atoms with Gasteiger partial charge in [0.1, 0.15) is 11.6 Å². The fourth-order valence-corrected chi connectivity index (χ4v) is 6.78. The van der Waals surface area contributed by atoms with Crippen molar-refractivity contribution in [1.29, 1.82) is 0 Å². The molecule has 1 fully saturated rings. The summed E-state index contributed by atoms with van der Waals surface area (Å²) in [6.45, 7) is 1.81. The lowest BCUT2D eigenvalue weighted by atomic mass is 9.89. The molecule has 0 radical (unpaired) electrons. The smallest absolute Gasteiger partial charge is 0.286 e. The number of nitrogens with zero attached hydrogens (tertiary/aromatic N) is 3. The third-order valence-electron chi connectivity index (χ3n) is 7.90. The number of hydrogen-bond donors (Lipinski definition) is 0. The molecule has 1 saturated carbocycles. The fourth-order valence-electron chi connectivity index (χ4n) is 5.55. The third-order valence-corrected chi connectivity index (χ3v) is 9.42.